The van der Waals surface area contributed by atoms with E-state index in [-0.39, 0.29) is 0 Å². The Morgan fingerprint density at radius 3 is 3.14 bits per heavy atom. The van der Waals surface area contributed by atoms with Crippen molar-refractivity contribution in [2.45, 2.75) is 31.4 Å². The molecule has 1 aliphatic heterocycles. The zero-order chi connectivity index (χ0) is 14.7. The van der Waals surface area contributed by atoms with Gasteiger partial charge in [0, 0.05) is 25.7 Å². The molecule has 116 valence electrons. The molecule has 0 radical (unpaired) electrons. The molecule has 0 aromatic heterocycles. The normalized spacial score (nSPS) is 26.4. The Balaban J connectivity index is 1.78. The molecule has 2 aliphatic rings. The standard InChI is InChI=1S/C17H26N2O2/c1-18-11-15-12-19(8-9-21-15)17-5-3-4-13-10-14(20-2)6-7-16(13)17/h6-7,10,15,17-18H,3-5,8-9,11-12H2,1-2H3. The van der Waals surface area contributed by atoms with Crippen molar-refractivity contribution < 1.29 is 9.47 Å². The van der Waals surface area contributed by atoms with Crippen LogP contribution in [0.15, 0.2) is 18.2 Å². The summed E-state index contributed by atoms with van der Waals surface area (Å²) >= 11 is 0. The molecule has 0 amide bonds. The summed E-state index contributed by atoms with van der Waals surface area (Å²) in [4.78, 5) is 2.61. The Morgan fingerprint density at radius 1 is 1.43 bits per heavy atom. The largest absolute Gasteiger partial charge is 0.497 e. The first-order valence-electron chi connectivity index (χ1n) is 7.99. The van der Waals surface area contributed by atoms with E-state index in [4.69, 9.17) is 9.47 Å². The van der Waals surface area contributed by atoms with Crippen LogP contribution in [0.3, 0.4) is 0 Å². The van der Waals surface area contributed by atoms with E-state index in [2.05, 4.69) is 28.4 Å². The van der Waals surface area contributed by atoms with E-state index in [0.717, 1.165) is 32.0 Å². The molecule has 1 heterocycles. The van der Waals surface area contributed by atoms with E-state index in [1.807, 2.05) is 7.05 Å². The number of hydrogen-bond donors (Lipinski definition) is 1. The summed E-state index contributed by atoms with van der Waals surface area (Å²) in [6.07, 6.45) is 4.00. The molecule has 1 saturated heterocycles. The van der Waals surface area contributed by atoms with E-state index in [0.29, 0.717) is 12.1 Å². The van der Waals surface area contributed by atoms with Crippen LogP contribution in [-0.2, 0) is 11.2 Å². The van der Waals surface area contributed by atoms with Gasteiger partial charge in [-0.25, -0.2) is 0 Å². The van der Waals surface area contributed by atoms with Crippen LogP contribution in [0, 0.1) is 0 Å². The lowest BCUT2D eigenvalue weighted by Crippen LogP contribution is -2.48. The molecule has 0 saturated carbocycles. The van der Waals surface area contributed by atoms with Crippen molar-refractivity contribution in [3.63, 3.8) is 0 Å². The smallest absolute Gasteiger partial charge is 0.119 e. The molecule has 2 atom stereocenters. The lowest BCUT2D eigenvalue weighted by atomic mass is 9.86. The maximum absolute atomic E-state index is 5.84. The molecule has 2 unspecified atom stereocenters. The summed E-state index contributed by atoms with van der Waals surface area (Å²) in [6.45, 7) is 3.83. The van der Waals surface area contributed by atoms with Crippen molar-refractivity contribution in [1.29, 1.82) is 0 Å². The predicted octanol–water partition coefficient (Wildman–Crippen LogP) is 1.99. The number of benzene rings is 1. The molecule has 1 aliphatic carbocycles. The number of methoxy groups -OCH3 is 1. The summed E-state index contributed by atoms with van der Waals surface area (Å²) in [5.74, 6) is 0.976. The molecular weight excluding hydrogens is 264 g/mol. The van der Waals surface area contributed by atoms with Gasteiger partial charge in [-0.3, -0.25) is 4.90 Å². The fourth-order valence-electron chi connectivity index (χ4n) is 3.65. The quantitative estimate of drug-likeness (QED) is 0.919. The van der Waals surface area contributed by atoms with Gasteiger partial charge in [-0.05, 0) is 49.6 Å². The van der Waals surface area contributed by atoms with Gasteiger partial charge in [0.25, 0.3) is 0 Å². The highest BCUT2D eigenvalue weighted by Crippen LogP contribution is 2.36. The summed E-state index contributed by atoms with van der Waals surface area (Å²) < 4.78 is 11.2. The van der Waals surface area contributed by atoms with Gasteiger partial charge < -0.3 is 14.8 Å². The van der Waals surface area contributed by atoms with Gasteiger partial charge in [0.1, 0.15) is 5.75 Å². The number of rotatable bonds is 4. The van der Waals surface area contributed by atoms with E-state index in [1.54, 1.807) is 7.11 Å². The molecule has 4 nitrogen and oxygen atoms in total. The Morgan fingerprint density at radius 2 is 2.33 bits per heavy atom. The molecule has 4 heteroatoms. The van der Waals surface area contributed by atoms with Crippen molar-refractivity contribution in [2.24, 2.45) is 0 Å². The van der Waals surface area contributed by atoms with Crippen LogP contribution in [0.4, 0.5) is 0 Å². The minimum Gasteiger partial charge on any atom is -0.497 e. The van der Waals surface area contributed by atoms with Crippen LogP contribution in [0.2, 0.25) is 0 Å². The Kier molecular flexibility index (Phi) is 4.78. The van der Waals surface area contributed by atoms with Crippen LogP contribution in [-0.4, -0.2) is 51.4 Å². The predicted molar refractivity (Wildman–Crippen MR) is 83.9 cm³/mol. The number of ether oxygens (including phenoxy) is 2. The highest BCUT2D eigenvalue weighted by atomic mass is 16.5. The van der Waals surface area contributed by atoms with Crippen molar-refractivity contribution in [3.8, 4) is 5.75 Å². The summed E-state index contributed by atoms with van der Waals surface area (Å²) in [7, 11) is 3.73. The van der Waals surface area contributed by atoms with E-state index < -0.39 is 0 Å². The Bertz CT molecular complexity index is 476. The maximum atomic E-state index is 5.84. The average Bonchev–Trinajstić information content (AvgIpc) is 2.54. The van der Waals surface area contributed by atoms with Gasteiger partial charge in [-0.15, -0.1) is 0 Å². The molecule has 1 fully saturated rings. The topological polar surface area (TPSA) is 33.7 Å². The second-order valence-electron chi connectivity index (χ2n) is 6.02. The van der Waals surface area contributed by atoms with Crippen molar-refractivity contribution in [2.75, 3.05) is 40.4 Å². The van der Waals surface area contributed by atoms with Crippen LogP contribution in [0.5, 0.6) is 5.75 Å². The van der Waals surface area contributed by atoms with Crippen LogP contribution in [0.1, 0.15) is 30.0 Å². The lowest BCUT2D eigenvalue weighted by molar-refractivity contribution is -0.0441. The fraction of sp³-hybridized carbons (Fsp3) is 0.647. The van der Waals surface area contributed by atoms with Crippen molar-refractivity contribution in [3.05, 3.63) is 29.3 Å². The van der Waals surface area contributed by atoms with E-state index >= 15 is 0 Å². The molecule has 1 N–H and O–H groups in total. The molecule has 1 aromatic rings. The van der Waals surface area contributed by atoms with Crippen LogP contribution in [0.25, 0.3) is 0 Å². The second kappa shape index (κ2) is 6.77. The van der Waals surface area contributed by atoms with Gasteiger partial charge in [0.2, 0.25) is 0 Å². The third kappa shape index (κ3) is 3.23. The Labute approximate surface area is 127 Å². The molecule has 1 aromatic carbocycles. The molecule has 0 spiro atoms. The van der Waals surface area contributed by atoms with Crippen LogP contribution < -0.4 is 10.1 Å². The molecule has 21 heavy (non-hydrogen) atoms. The molecule has 0 bridgehead atoms. The third-order valence-electron chi connectivity index (χ3n) is 4.68. The van der Waals surface area contributed by atoms with Gasteiger partial charge in [0.15, 0.2) is 0 Å². The monoisotopic (exact) mass is 290 g/mol. The van der Waals surface area contributed by atoms with Gasteiger partial charge >= 0.3 is 0 Å². The van der Waals surface area contributed by atoms with Crippen molar-refractivity contribution >= 4 is 0 Å². The number of morpholine rings is 1. The first kappa shape index (κ1) is 14.8. The highest BCUT2D eigenvalue weighted by molar-refractivity contribution is 5.39. The van der Waals surface area contributed by atoms with E-state index in [9.17, 15) is 0 Å². The number of aryl methyl sites for hydroxylation is 1. The number of nitrogens with one attached hydrogen (secondary N) is 1. The summed E-state index contributed by atoms with van der Waals surface area (Å²) in [5, 5.41) is 3.23. The second-order valence-corrected chi connectivity index (χ2v) is 6.02. The Hall–Kier alpha value is -1.10. The SMILES string of the molecule is CNCC1CN(C2CCCc3cc(OC)ccc32)CCO1. The number of nitrogens with zero attached hydrogens (tertiary/aromatic N) is 1. The number of fused-ring (bicyclic) bond motifs is 1. The van der Waals surface area contributed by atoms with Gasteiger partial charge in [-0.1, -0.05) is 6.07 Å². The van der Waals surface area contributed by atoms with Crippen molar-refractivity contribution in [1.82, 2.24) is 10.2 Å². The van der Waals surface area contributed by atoms with E-state index in [1.165, 1.54) is 30.4 Å². The number of hydrogen-bond acceptors (Lipinski definition) is 4. The van der Waals surface area contributed by atoms with Gasteiger partial charge in [0.05, 0.1) is 19.8 Å². The lowest BCUT2D eigenvalue weighted by Gasteiger charge is -2.40. The first-order valence-corrected chi connectivity index (χ1v) is 7.99. The molecular formula is C17H26N2O2. The van der Waals surface area contributed by atoms with Crippen LogP contribution >= 0.6 is 0 Å². The summed E-state index contributed by atoms with van der Waals surface area (Å²) in [6, 6.07) is 7.12. The van der Waals surface area contributed by atoms with Gasteiger partial charge in [-0.2, -0.15) is 0 Å². The third-order valence-corrected chi connectivity index (χ3v) is 4.68. The highest BCUT2D eigenvalue weighted by Gasteiger charge is 2.30. The summed E-state index contributed by atoms with van der Waals surface area (Å²) in [5.41, 5.74) is 2.95. The minimum absolute atomic E-state index is 0.312. The minimum atomic E-state index is 0.312. The first-order chi connectivity index (χ1) is 10.3. The number of likely N-dealkylation sites (N-methyl/N-ethyl adjacent to an activating group) is 1. The zero-order valence-electron chi connectivity index (χ0n) is 13.1. The fourth-order valence-corrected chi connectivity index (χ4v) is 3.65. The molecule has 3 rings (SSSR count). The average molecular weight is 290 g/mol. The zero-order valence-corrected chi connectivity index (χ0v) is 13.1. The maximum Gasteiger partial charge on any atom is 0.119 e.